The van der Waals surface area contributed by atoms with E-state index in [0.717, 1.165) is 29.5 Å². The van der Waals surface area contributed by atoms with Crippen molar-refractivity contribution in [3.8, 4) is 0 Å². The van der Waals surface area contributed by atoms with Crippen LogP contribution in [0, 0.1) is 13.8 Å². The van der Waals surface area contributed by atoms with Gasteiger partial charge in [0.25, 0.3) is 0 Å². The Bertz CT molecular complexity index is 774. The molecular weight excluding hydrogens is 481 g/mol. The predicted octanol–water partition coefficient (Wildman–Crippen LogP) is 1.35. The van der Waals surface area contributed by atoms with E-state index in [1.807, 2.05) is 23.4 Å². The summed E-state index contributed by atoms with van der Waals surface area (Å²) in [6.45, 7) is 10.4. The van der Waals surface area contributed by atoms with Crippen LogP contribution >= 0.6 is 24.0 Å². The van der Waals surface area contributed by atoms with Gasteiger partial charge in [0.05, 0.1) is 29.3 Å². The van der Waals surface area contributed by atoms with Gasteiger partial charge in [0.15, 0.2) is 15.8 Å². The first kappa shape index (κ1) is 24.2. The third kappa shape index (κ3) is 5.35. The lowest BCUT2D eigenvalue weighted by molar-refractivity contribution is 0.182. The second-order valence-corrected chi connectivity index (χ2v) is 10.0. The number of guanidine groups is 1. The van der Waals surface area contributed by atoms with Gasteiger partial charge in [0.1, 0.15) is 0 Å². The molecule has 1 aliphatic rings. The Morgan fingerprint density at radius 2 is 2.04 bits per heavy atom. The molecule has 0 aliphatic carbocycles. The first-order chi connectivity index (χ1) is 12.1. The van der Waals surface area contributed by atoms with Gasteiger partial charge in [-0.15, -0.1) is 24.0 Å². The largest absolute Gasteiger partial charge is 0.383 e. The molecule has 1 aromatic rings. The van der Waals surface area contributed by atoms with Crippen molar-refractivity contribution in [1.82, 2.24) is 20.0 Å². The normalized spacial score (nSPS) is 18.9. The molecule has 156 valence electrons. The molecule has 0 saturated carbocycles. The highest BCUT2D eigenvalue weighted by atomic mass is 127. The number of aryl methyl sites for hydroxylation is 1. The molecule has 1 aromatic heterocycles. The SMILES string of the molecule is CN=C(NCc1c(C)nn(CCOC)c1C)N1CCS(=O)(=O)C(C)(C)C1.I. The fourth-order valence-electron chi connectivity index (χ4n) is 3.21. The second kappa shape index (κ2) is 9.55. The average molecular weight is 513 g/mol. The molecule has 1 aliphatic heterocycles. The van der Waals surface area contributed by atoms with E-state index in [4.69, 9.17) is 4.74 Å². The molecule has 27 heavy (non-hydrogen) atoms. The van der Waals surface area contributed by atoms with Crippen LogP contribution in [0.4, 0.5) is 0 Å². The Hall–Kier alpha value is -0.880. The number of hydrogen-bond acceptors (Lipinski definition) is 5. The summed E-state index contributed by atoms with van der Waals surface area (Å²) in [4.78, 5) is 6.36. The van der Waals surface area contributed by atoms with Crippen molar-refractivity contribution < 1.29 is 13.2 Å². The lowest BCUT2D eigenvalue weighted by Crippen LogP contribution is -2.57. The summed E-state index contributed by atoms with van der Waals surface area (Å²) in [5.74, 6) is 0.865. The number of hydrogen-bond donors (Lipinski definition) is 1. The maximum atomic E-state index is 12.2. The highest BCUT2D eigenvalue weighted by Crippen LogP contribution is 2.23. The molecule has 0 aromatic carbocycles. The number of halogens is 1. The lowest BCUT2D eigenvalue weighted by atomic mass is 10.2. The molecule has 0 amide bonds. The summed E-state index contributed by atoms with van der Waals surface area (Å²) >= 11 is 0. The van der Waals surface area contributed by atoms with Crippen molar-refractivity contribution in [2.45, 2.75) is 45.5 Å². The van der Waals surface area contributed by atoms with Gasteiger partial charge in [-0.2, -0.15) is 5.10 Å². The molecule has 1 saturated heterocycles. The van der Waals surface area contributed by atoms with Crippen LogP contribution in [0.15, 0.2) is 4.99 Å². The Kier molecular flexibility index (Phi) is 8.54. The van der Waals surface area contributed by atoms with Gasteiger partial charge in [-0.1, -0.05) is 0 Å². The summed E-state index contributed by atoms with van der Waals surface area (Å²) in [6.07, 6.45) is 0. The highest BCUT2D eigenvalue weighted by molar-refractivity contribution is 14.0. The van der Waals surface area contributed by atoms with E-state index in [0.29, 0.717) is 26.2 Å². The van der Waals surface area contributed by atoms with Crippen LogP contribution in [0.25, 0.3) is 0 Å². The van der Waals surface area contributed by atoms with Gasteiger partial charge >= 0.3 is 0 Å². The van der Waals surface area contributed by atoms with Gasteiger partial charge in [-0.25, -0.2) is 8.42 Å². The van der Waals surface area contributed by atoms with Crippen LogP contribution < -0.4 is 5.32 Å². The molecular formula is C17H32IN5O3S. The van der Waals surface area contributed by atoms with Crippen LogP contribution in [0.2, 0.25) is 0 Å². The van der Waals surface area contributed by atoms with Crippen molar-refractivity contribution in [3.63, 3.8) is 0 Å². The first-order valence-corrected chi connectivity index (χ1v) is 10.5. The third-order valence-electron chi connectivity index (χ3n) is 5.02. The molecule has 1 N–H and O–H groups in total. The maximum Gasteiger partial charge on any atom is 0.193 e. The summed E-state index contributed by atoms with van der Waals surface area (Å²) in [7, 11) is 0.330. The van der Waals surface area contributed by atoms with Crippen molar-refractivity contribution in [3.05, 3.63) is 17.0 Å². The van der Waals surface area contributed by atoms with Crippen LogP contribution in [0.1, 0.15) is 30.8 Å². The number of ether oxygens (including phenoxy) is 1. The number of aromatic nitrogens is 2. The molecule has 10 heteroatoms. The molecule has 2 heterocycles. The molecule has 0 radical (unpaired) electrons. The van der Waals surface area contributed by atoms with Gasteiger partial charge in [0, 0.05) is 45.0 Å². The minimum atomic E-state index is -3.07. The van der Waals surface area contributed by atoms with Gasteiger partial charge in [-0.3, -0.25) is 9.67 Å². The third-order valence-corrected chi connectivity index (χ3v) is 7.55. The van der Waals surface area contributed by atoms with E-state index in [-0.39, 0.29) is 29.7 Å². The smallest absolute Gasteiger partial charge is 0.193 e. The molecule has 2 rings (SSSR count). The van der Waals surface area contributed by atoms with E-state index in [1.54, 1.807) is 28.0 Å². The fourth-order valence-corrected chi connectivity index (χ4v) is 4.58. The van der Waals surface area contributed by atoms with Crippen LogP contribution in [0.3, 0.4) is 0 Å². The number of methoxy groups -OCH3 is 1. The van der Waals surface area contributed by atoms with E-state index in [9.17, 15) is 8.42 Å². The Balaban J connectivity index is 0.00000364. The van der Waals surface area contributed by atoms with E-state index in [1.165, 1.54) is 0 Å². The Morgan fingerprint density at radius 1 is 1.37 bits per heavy atom. The summed E-state index contributed by atoms with van der Waals surface area (Å²) in [5.41, 5.74) is 3.21. The summed E-state index contributed by atoms with van der Waals surface area (Å²) < 4.78 is 30.7. The van der Waals surface area contributed by atoms with E-state index >= 15 is 0 Å². The number of rotatable bonds is 5. The fraction of sp³-hybridized carbons (Fsp3) is 0.765. The first-order valence-electron chi connectivity index (χ1n) is 8.82. The van der Waals surface area contributed by atoms with E-state index in [2.05, 4.69) is 15.4 Å². The summed E-state index contributed by atoms with van der Waals surface area (Å²) in [6, 6.07) is 0. The lowest BCUT2D eigenvalue weighted by Gasteiger charge is -2.39. The quantitative estimate of drug-likeness (QED) is 0.364. The number of nitrogens with one attached hydrogen (secondary N) is 1. The van der Waals surface area contributed by atoms with Gasteiger partial charge in [0.2, 0.25) is 0 Å². The molecule has 0 bridgehead atoms. The number of nitrogens with zero attached hydrogens (tertiary/aromatic N) is 4. The van der Waals surface area contributed by atoms with Crippen molar-refractivity contribution in [2.75, 3.05) is 39.6 Å². The van der Waals surface area contributed by atoms with Gasteiger partial charge in [-0.05, 0) is 27.7 Å². The van der Waals surface area contributed by atoms with Crippen LogP contribution in [-0.2, 0) is 27.7 Å². The number of sulfone groups is 1. The zero-order valence-corrected chi connectivity index (χ0v) is 20.2. The van der Waals surface area contributed by atoms with Crippen molar-refractivity contribution >= 4 is 39.8 Å². The minimum absolute atomic E-state index is 0. The topological polar surface area (TPSA) is 88.8 Å². The maximum absolute atomic E-state index is 12.2. The standard InChI is InChI=1S/C17H31N5O3S.HI/c1-13-15(14(2)22(20-13)7-9-25-6)11-19-16(18-5)21-8-10-26(23,24)17(3,4)12-21;/h7-12H2,1-6H3,(H,18,19);1H. The summed E-state index contributed by atoms with van der Waals surface area (Å²) in [5, 5.41) is 7.94. The molecule has 0 unspecified atom stereocenters. The second-order valence-electron chi connectivity index (χ2n) is 7.27. The zero-order valence-electron chi connectivity index (χ0n) is 17.1. The van der Waals surface area contributed by atoms with Crippen LogP contribution in [-0.4, -0.2) is 73.4 Å². The van der Waals surface area contributed by atoms with Crippen molar-refractivity contribution in [2.24, 2.45) is 4.99 Å². The zero-order chi connectivity index (χ0) is 19.5. The molecule has 1 fully saturated rings. The molecule has 0 spiro atoms. The molecule has 8 nitrogen and oxygen atoms in total. The minimum Gasteiger partial charge on any atom is -0.383 e. The Labute approximate surface area is 179 Å². The van der Waals surface area contributed by atoms with Crippen molar-refractivity contribution in [1.29, 1.82) is 0 Å². The monoisotopic (exact) mass is 513 g/mol. The Morgan fingerprint density at radius 3 is 2.59 bits per heavy atom. The predicted molar refractivity (Wildman–Crippen MR) is 119 cm³/mol. The average Bonchev–Trinajstić information content (AvgIpc) is 2.83. The van der Waals surface area contributed by atoms with Gasteiger partial charge < -0.3 is 15.0 Å². The van der Waals surface area contributed by atoms with Crippen LogP contribution in [0.5, 0.6) is 0 Å². The number of aliphatic imine (C=N–C) groups is 1. The highest BCUT2D eigenvalue weighted by Gasteiger charge is 2.40. The van der Waals surface area contributed by atoms with E-state index < -0.39 is 14.6 Å². The molecule has 0 atom stereocenters.